The molecule has 5 aromatic rings. The van der Waals surface area contributed by atoms with E-state index in [2.05, 4.69) is 57.4 Å². The lowest BCUT2D eigenvalue weighted by molar-refractivity contribution is 0.289. The van der Waals surface area contributed by atoms with Crippen molar-refractivity contribution < 1.29 is 4.74 Å². The second-order valence-electron chi connectivity index (χ2n) is 9.51. The van der Waals surface area contributed by atoms with Gasteiger partial charge < -0.3 is 20.2 Å². The highest BCUT2D eigenvalue weighted by Gasteiger charge is 2.25. The molecule has 9 heteroatoms. The summed E-state index contributed by atoms with van der Waals surface area (Å²) in [4.78, 5) is 17.4. The van der Waals surface area contributed by atoms with Gasteiger partial charge in [-0.15, -0.1) is 0 Å². The number of hydrogen-bond acceptors (Lipinski definition) is 8. The fourth-order valence-corrected chi connectivity index (χ4v) is 4.81. The Morgan fingerprint density at radius 2 is 2.00 bits per heavy atom. The number of aromatic nitrogens is 5. The first-order valence-corrected chi connectivity index (χ1v) is 12.2. The predicted molar refractivity (Wildman–Crippen MR) is 141 cm³/mol. The molecule has 0 saturated heterocycles. The summed E-state index contributed by atoms with van der Waals surface area (Å²) in [7, 11) is 0. The largest absolute Gasteiger partial charge is 0.471 e. The van der Waals surface area contributed by atoms with E-state index in [1.54, 1.807) is 12.3 Å². The number of nitriles is 1. The van der Waals surface area contributed by atoms with Crippen molar-refractivity contribution in [2.75, 3.05) is 11.1 Å². The molecule has 4 heterocycles. The lowest BCUT2D eigenvalue weighted by Gasteiger charge is -2.15. The third-order valence-corrected chi connectivity index (χ3v) is 6.96. The first kappa shape index (κ1) is 22.7. The van der Waals surface area contributed by atoms with E-state index < -0.39 is 0 Å². The number of rotatable bonds is 7. The minimum Gasteiger partial charge on any atom is -0.471 e. The molecule has 0 spiro atoms. The van der Waals surface area contributed by atoms with Gasteiger partial charge in [0.1, 0.15) is 30.6 Å². The lowest BCUT2D eigenvalue weighted by Crippen LogP contribution is -2.07. The molecule has 184 valence electrons. The molecule has 1 saturated carbocycles. The average Bonchev–Trinajstić information content (AvgIpc) is 3.67. The summed E-state index contributed by atoms with van der Waals surface area (Å²) >= 11 is 0. The standard InChI is InChI=1S/C28H26N8O/c1-16-7-23-22(5-6-31-27(23)30)17(2)24(16)11-32-25-9-26(34-15-33-25)37-14-21-13-36-12-20(18-3-4-18)8-19(10-29)28(36)35-21/h5-9,12-13,15,18H,3-4,11,14H2,1-2H3,(H2,30,31)(H,32,33,34). The Bertz CT molecular complexity index is 1700. The van der Waals surface area contributed by atoms with Gasteiger partial charge in [-0.25, -0.2) is 19.9 Å². The minimum absolute atomic E-state index is 0.236. The zero-order valence-electron chi connectivity index (χ0n) is 20.7. The summed E-state index contributed by atoms with van der Waals surface area (Å²) in [6.45, 7) is 5.00. The molecule has 37 heavy (non-hydrogen) atoms. The summed E-state index contributed by atoms with van der Waals surface area (Å²) in [5.74, 6) is 2.20. The Labute approximate surface area is 214 Å². The fourth-order valence-electron chi connectivity index (χ4n) is 4.81. The summed E-state index contributed by atoms with van der Waals surface area (Å²) in [5, 5.41) is 15.0. The van der Waals surface area contributed by atoms with Crippen molar-refractivity contribution in [1.29, 1.82) is 5.26 Å². The van der Waals surface area contributed by atoms with Crippen molar-refractivity contribution in [3.63, 3.8) is 0 Å². The molecule has 0 unspecified atom stereocenters. The second-order valence-corrected chi connectivity index (χ2v) is 9.51. The molecule has 0 atom stereocenters. The Morgan fingerprint density at radius 3 is 2.81 bits per heavy atom. The number of anilines is 2. The second kappa shape index (κ2) is 9.06. The summed E-state index contributed by atoms with van der Waals surface area (Å²) in [5.41, 5.74) is 12.7. The smallest absolute Gasteiger partial charge is 0.218 e. The van der Waals surface area contributed by atoms with Crippen LogP contribution in [0.15, 0.2) is 49.2 Å². The van der Waals surface area contributed by atoms with Crippen molar-refractivity contribution in [3.8, 4) is 11.9 Å². The molecule has 0 bridgehead atoms. The summed E-state index contributed by atoms with van der Waals surface area (Å²) in [6.07, 6.45) is 9.55. The molecule has 9 nitrogen and oxygen atoms in total. The molecule has 0 amide bonds. The quantitative estimate of drug-likeness (QED) is 0.333. The van der Waals surface area contributed by atoms with Crippen LogP contribution in [-0.2, 0) is 13.2 Å². The number of imidazole rings is 1. The molecular weight excluding hydrogens is 464 g/mol. The predicted octanol–water partition coefficient (Wildman–Crippen LogP) is 4.81. The number of aryl methyl sites for hydroxylation is 2. The summed E-state index contributed by atoms with van der Waals surface area (Å²) < 4.78 is 7.85. The van der Waals surface area contributed by atoms with Crippen LogP contribution in [0.3, 0.4) is 0 Å². The van der Waals surface area contributed by atoms with E-state index >= 15 is 0 Å². The lowest BCUT2D eigenvalue weighted by atomic mass is 9.96. The number of pyridine rings is 2. The number of nitrogens with one attached hydrogen (secondary N) is 1. The normalized spacial score (nSPS) is 13.1. The highest BCUT2D eigenvalue weighted by atomic mass is 16.5. The maximum atomic E-state index is 9.57. The van der Waals surface area contributed by atoms with Crippen LogP contribution in [0, 0.1) is 25.2 Å². The molecule has 1 aromatic carbocycles. The van der Waals surface area contributed by atoms with Gasteiger partial charge in [-0.2, -0.15) is 5.26 Å². The number of benzene rings is 1. The topological polar surface area (TPSA) is 127 Å². The van der Waals surface area contributed by atoms with Gasteiger partial charge in [-0.05, 0) is 78.4 Å². The van der Waals surface area contributed by atoms with E-state index in [-0.39, 0.29) is 6.61 Å². The monoisotopic (exact) mass is 490 g/mol. The molecule has 4 aromatic heterocycles. The Balaban J connectivity index is 1.17. The molecular formula is C28H26N8O. The number of nitrogen functional groups attached to an aromatic ring is 1. The zero-order valence-corrected chi connectivity index (χ0v) is 20.7. The van der Waals surface area contributed by atoms with Crippen LogP contribution in [0.1, 0.15) is 52.3 Å². The van der Waals surface area contributed by atoms with Crippen LogP contribution >= 0.6 is 0 Å². The first-order chi connectivity index (χ1) is 18.0. The van der Waals surface area contributed by atoms with Gasteiger partial charge in [0.05, 0.1) is 11.3 Å². The van der Waals surface area contributed by atoms with Gasteiger partial charge in [0.15, 0.2) is 5.65 Å². The summed E-state index contributed by atoms with van der Waals surface area (Å²) in [6, 6.07) is 10.1. The van der Waals surface area contributed by atoms with Crippen molar-refractivity contribution in [2.45, 2.75) is 45.8 Å². The number of nitrogens with two attached hydrogens (primary N) is 1. The van der Waals surface area contributed by atoms with Crippen LogP contribution in [0.4, 0.5) is 11.6 Å². The Kier molecular flexibility index (Phi) is 5.57. The van der Waals surface area contributed by atoms with Crippen molar-refractivity contribution in [1.82, 2.24) is 24.3 Å². The van der Waals surface area contributed by atoms with Crippen molar-refractivity contribution in [3.05, 3.63) is 82.7 Å². The maximum absolute atomic E-state index is 9.57. The van der Waals surface area contributed by atoms with Gasteiger partial charge in [-0.1, -0.05) is 0 Å². The first-order valence-electron chi connectivity index (χ1n) is 12.2. The van der Waals surface area contributed by atoms with Gasteiger partial charge in [0.2, 0.25) is 5.88 Å². The van der Waals surface area contributed by atoms with E-state index in [1.807, 2.05) is 22.7 Å². The zero-order chi connectivity index (χ0) is 25.5. The highest BCUT2D eigenvalue weighted by molar-refractivity contribution is 5.94. The van der Waals surface area contributed by atoms with Crippen LogP contribution < -0.4 is 15.8 Å². The molecule has 0 radical (unpaired) electrons. The SMILES string of the molecule is Cc1cc2c(N)nccc2c(C)c1CNc1cc(OCc2cn3cc(C4CC4)cc(C#N)c3n2)ncn1. The number of ether oxygens (including phenoxy) is 1. The minimum atomic E-state index is 0.236. The van der Waals surface area contributed by atoms with Crippen LogP contribution in [0.5, 0.6) is 5.88 Å². The van der Waals surface area contributed by atoms with E-state index in [1.165, 1.54) is 30.3 Å². The Hall–Kier alpha value is -4.71. The third-order valence-electron chi connectivity index (χ3n) is 6.96. The molecule has 0 aliphatic heterocycles. The highest BCUT2D eigenvalue weighted by Crippen LogP contribution is 2.40. The van der Waals surface area contributed by atoms with Gasteiger partial charge in [0, 0.05) is 36.6 Å². The van der Waals surface area contributed by atoms with Crippen LogP contribution in [0.2, 0.25) is 0 Å². The number of fused-ring (bicyclic) bond motifs is 2. The van der Waals surface area contributed by atoms with Crippen molar-refractivity contribution in [2.24, 2.45) is 0 Å². The Morgan fingerprint density at radius 1 is 1.14 bits per heavy atom. The number of nitrogens with zero attached hydrogens (tertiary/aromatic N) is 6. The third kappa shape index (κ3) is 4.38. The number of hydrogen-bond donors (Lipinski definition) is 2. The molecule has 1 aliphatic rings. The van der Waals surface area contributed by atoms with Crippen LogP contribution in [0.25, 0.3) is 16.4 Å². The molecule has 6 rings (SSSR count). The maximum Gasteiger partial charge on any atom is 0.218 e. The van der Waals surface area contributed by atoms with E-state index in [0.717, 1.165) is 27.6 Å². The van der Waals surface area contributed by atoms with Gasteiger partial charge in [-0.3, -0.25) is 0 Å². The van der Waals surface area contributed by atoms with E-state index in [4.69, 9.17) is 10.5 Å². The molecule has 1 aliphatic carbocycles. The molecule has 1 fully saturated rings. The molecule has 3 N–H and O–H groups in total. The van der Waals surface area contributed by atoms with E-state index in [9.17, 15) is 5.26 Å². The van der Waals surface area contributed by atoms with E-state index in [0.29, 0.717) is 41.2 Å². The van der Waals surface area contributed by atoms with Gasteiger partial charge in [0.25, 0.3) is 0 Å². The van der Waals surface area contributed by atoms with Crippen molar-refractivity contribution >= 4 is 28.1 Å². The fraction of sp³-hybridized carbons (Fsp3) is 0.250. The average molecular weight is 491 g/mol. The van der Waals surface area contributed by atoms with Gasteiger partial charge >= 0.3 is 0 Å². The van der Waals surface area contributed by atoms with Crippen LogP contribution in [-0.4, -0.2) is 24.3 Å².